The van der Waals surface area contributed by atoms with Gasteiger partial charge in [-0.3, -0.25) is 0 Å². The maximum absolute atomic E-state index is 12.6. The molecule has 21 heavy (non-hydrogen) atoms. The summed E-state index contributed by atoms with van der Waals surface area (Å²) in [4.78, 5) is -0.368. The van der Waals surface area contributed by atoms with Crippen LogP contribution in [0.5, 0.6) is 0 Å². The van der Waals surface area contributed by atoms with Gasteiger partial charge < -0.3 is 0 Å². The molecule has 1 aromatic heterocycles. The van der Waals surface area contributed by atoms with E-state index in [4.69, 9.17) is 0 Å². The Labute approximate surface area is 128 Å². The fourth-order valence-corrected chi connectivity index (χ4v) is 5.28. The quantitative estimate of drug-likeness (QED) is 0.831. The molecule has 114 valence electrons. The van der Waals surface area contributed by atoms with Crippen molar-refractivity contribution in [2.24, 2.45) is 0 Å². The van der Waals surface area contributed by atoms with E-state index in [0.717, 1.165) is 16.1 Å². The van der Waals surface area contributed by atoms with Crippen molar-refractivity contribution in [2.75, 3.05) is 13.3 Å². The minimum Gasteiger partial charge on any atom is -0.224 e. The molecule has 8 heteroatoms. The maximum atomic E-state index is 12.6. The van der Waals surface area contributed by atoms with Crippen LogP contribution in [0.2, 0.25) is 0 Å². The summed E-state index contributed by atoms with van der Waals surface area (Å²) in [6.07, 6.45) is 1.00. The molecule has 0 spiro atoms. The molecule has 2 rings (SSSR count). The van der Waals surface area contributed by atoms with Crippen molar-refractivity contribution in [2.45, 2.75) is 16.3 Å². The average Bonchev–Trinajstić information content (AvgIpc) is 2.90. The molecule has 0 saturated heterocycles. The molecule has 0 fully saturated rings. The van der Waals surface area contributed by atoms with Gasteiger partial charge in [-0.05, 0) is 34.5 Å². The molecule has 2 aromatic rings. The second kappa shape index (κ2) is 5.88. The predicted octanol–water partition coefficient (Wildman–Crippen LogP) is 1.97. The molecule has 0 unspecified atom stereocenters. The topological polar surface area (TPSA) is 71.5 Å². The molecule has 5 nitrogen and oxygen atoms in total. The fourth-order valence-electron chi connectivity index (χ4n) is 1.86. The molecular formula is C13H15NO4S3. The summed E-state index contributed by atoms with van der Waals surface area (Å²) in [5.74, 6) is 0. The molecule has 0 atom stereocenters. The SMILES string of the molecule is CN(Cc1ccsc1)S(=O)(=O)c1ccccc1S(C)(=O)=O. The molecule has 0 aliphatic rings. The van der Waals surface area contributed by atoms with E-state index in [1.165, 1.54) is 42.6 Å². The van der Waals surface area contributed by atoms with Gasteiger partial charge in [-0.1, -0.05) is 12.1 Å². The minimum atomic E-state index is -3.87. The highest BCUT2D eigenvalue weighted by atomic mass is 32.2. The molecule has 0 saturated carbocycles. The number of thiophene rings is 1. The Morgan fingerprint density at radius 1 is 1.05 bits per heavy atom. The van der Waals surface area contributed by atoms with E-state index in [-0.39, 0.29) is 16.3 Å². The number of hydrogen-bond donors (Lipinski definition) is 0. The summed E-state index contributed by atoms with van der Waals surface area (Å²) in [5.41, 5.74) is 0.864. The van der Waals surface area contributed by atoms with Crippen LogP contribution in [0.4, 0.5) is 0 Å². The zero-order valence-corrected chi connectivity index (χ0v) is 14.0. The summed E-state index contributed by atoms with van der Waals surface area (Å²) >= 11 is 1.48. The Bertz CT molecular complexity index is 824. The van der Waals surface area contributed by atoms with Gasteiger partial charge in [0, 0.05) is 19.8 Å². The molecular weight excluding hydrogens is 330 g/mol. The first kappa shape index (κ1) is 16.2. The standard InChI is InChI=1S/C13H15NO4S3/c1-14(9-11-7-8-19-10-11)21(17,18)13-6-4-3-5-12(13)20(2,15)16/h3-8,10H,9H2,1-2H3. The van der Waals surface area contributed by atoms with Crippen molar-refractivity contribution in [1.29, 1.82) is 0 Å². The molecule has 1 aromatic carbocycles. The first-order valence-electron chi connectivity index (χ1n) is 5.99. The lowest BCUT2D eigenvalue weighted by Gasteiger charge is -2.18. The predicted molar refractivity (Wildman–Crippen MR) is 82.5 cm³/mol. The number of nitrogens with zero attached hydrogens (tertiary/aromatic N) is 1. The summed E-state index contributed by atoms with van der Waals surface area (Å²) < 4.78 is 49.9. The van der Waals surface area contributed by atoms with Crippen LogP contribution in [0.1, 0.15) is 5.56 Å². The van der Waals surface area contributed by atoms with Crippen molar-refractivity contribution in [3.8, 4) is 0 Å². The van der Waals surface area contributed by atoms with Gasteiger partial charge in [0.15, 0.2) is 9.84 Å². The normalized spacial score (nSPS) is 12.7. The second-order valence-electron chi connectivity index (χ2n) is 4.61. The third kappa shape index (κ3) is 3.52. The van der Waals surface area contributed by atoms with Crippen LogP contribution in [-0.4, -0.2) is 34.4 Å². The number of rotatable bonds is 5. The highest BCUT2D eigenvalue weighted by Crippen LogP contribution is 2.24. The van der Waals surface area contributed by atoms with Gasteiger partial charge in [-0.15, -0.1) is 0 Å². The van der Waals surface area contributed by atoms with E-state index in [2.05, 4.69) is 0 Å². The van der Waals surface area contributed by atoms with E-state index >= 15 is 0 Å². The van der Waals surface area contributed by atoms with Gasteiger partial charge in [0.25, 0.3) is 0 Å². The Morgan fingerprint density at radius 2 is 1.67 bits per heavy atom. The highest BCUT2D eigenvalue weighted by molar-refractivity contribution is 7.93. The summed E-state index contributed by atoms with van der Waals surface area (Å²) in [6.45, 7) is 0.198. The second-order valence-corrected chi connectivity index (χ2v) is 9.39. The van der Waals surface area contributed by atoms with Crippen molar-refractivity contribution < 1.29 is 16.8 Å². The third-order valence-electron chi connectivity index (χ3n) is 2.92. The first-order chi connectivity index (χ1) is 9.73. The zero-order valence-electron chi connectivity index (χ0n) is 11.6. The van der Waals surface area contributed by atoms with Crippen molar-refractivity contribution in [3.05, 3.63) is 46.7 Å². The number of sulfone groups is 1. The van der Waals surface area contributed by atoms with Crippen LogP contribution in [-0.2, 0) is 26.4 Å². The smallest absolute Gasteiger partial charge is 0.224 e. The Balaban J connectivity index is 2.45. The van der Waals surface area contributed by atoms with Gasteiger partial charge in [0.1, 0.15) is 4.90 Å². The molecule has 0 aliphatic heterocycles. The summed E-state index contributed by atoms with van der Waals surface area (Å²) in [7, 11) is -6.05. The van der Waals surface area contributed by atoms with E-state index < -0.39 is 19.9 Å². The maximum Gasteiger partial charge on any atom is 0.244 e. The number of sulfonamides is 1. The largest absolute Gasteiger partial charge is 0.244 e. The van der Waals surface area contributed by atoms with Crippen LogP contribution >= 0.6 is 11.3 Å². The zero-order chi connectivity index (χ0) is 15.7. The third-order valence-corrected chi connectivity index (χ3v) is 6.80. The number of hydrogen-bond acceptors (Lipinski definition) is 5. The van der Waals surface area contributed by atoms with Gasteiger partial charge in [-0.25, -0.2) is 16.8 Å². The van der Waals surface area contributed by atoms with Crippen LogP contribution < -0.4 is 0 Å². The van der Waals surface area contributed by atoms with Gasteiger partial charge >= 0.3 is 0 Å². The highest BCUT2D eigenvalue weighted by Gasteiger charge is 2.27. The van der Waals surface area contributed by atoms with E-state index in [1.54, 1.807) is 0 Å². The van der Waals surface area contributed by atoms with Crippen LogP contribution in [0, 0.1) is 0 Å². The minimum absolute atomic E-state index is 0.179. The van der Waals surface area contributed by atoms with Crippen LogP contribution in [0.25, 0.3) is 0 Å². The Hall–Kier alpha value is -1.22. The molecule has 0 bridgehead atoms. The lowest BCUT2D eigenvalue weighted by Crippen LogP contribution is -2.27. The Kier molecular flexibility index (Phi) is 4.52. The summed E-state index contributed by atoms with van der Waals surface area (Å²) in [5, 5.41) is 3.72. The van der Waals surface area contributed by atoms with Gasteiger partial charge in [0.05, 0.1) is 4.90 Å². The molecule has 0 aliphatic carbocycles. The fraction of sp³-hybridized carbons (Fsp3) is 0.231. The molecule has 0 radical (unpaired) electrons. The molecule has 0 amide bonds. The van der Waals surface area contributed by atoms with E-state index in [0.29, 0.717) is 0 Å². The average molecular weight is 345 g/mol. The van der Waals surface area contributed by atoms with E-state index in [1.807, 2.05) is 16.8 Å². The van der Waals surface area contributed by atoms with Crippen molar-refractivity contribution in [1.82, 2.24) is 4.31 Å². The van der Waals surface area contributed by atoms with Crippen molar-refractivity contribution >= 4 is 31.2 Å². The lowest BCUT2D eigenvalue weighted by atomic mass is 10.3. The van der Waals surface area contributed by atoms with Crippen molar-refractivity contribution in [3.63, 3.8) is 0 Å². The van der Waals surface area contributed by atoms with Gasteiger partial charge in [0.2, 0.25) is 10.0 Å². The van der Waals surface area contributed by atoms with Gasteiger partial charge in [-0.2, -0.15) is 15.6 Å². The summed E-state index contributed by atoms with van der Waals surface area (Å²) in [6, 6.07) is 7.48. The number of benzene rings is 1. The van der Waals surface area contributed by atoms with Crippen LogP contribution in [0.15, 0.2) is 50.9 Å². The Morgan fingerprint density at radius 3 is 2.19 bits per heavy atom. The van der Waals surface area contributed by atoms with Crippen LogP contribution in [0.3, 0.4) is 0 Å². The lowest BCUT2D eigenvalue weighted by molar-refractivity contribution is 0.465. The molecule has 0 N–H and O–H groups in total. The van der Waals surface area contributed by atoms with E-state index in [9.17, 15) is 16.8 Å². The monoisotopic (exact) mass is 345 g/mol. The first-order valence-corrected chi connectivity index (χ1v) is 10.3. The molecule has 1 heterocycles.